The van der Waals surface area contributed by atoms with Crippen LogP contribution in [0.5, 0.6) is 0 Å². The van der Waals surface area contributed by atoms with Gasteiger partial charge in [0.25, 0.3) is 5.91 Å². The molecule has 0 spiro atoms. The first-order chi connectivity index (χ1) is 10.0. The number of rotatable bonds is 2. The molecule has 8 heteroatoms. The predicted octanol–water partition coefficient (Wildman–Crippen LogP) is 1.92. The Balaban J connectivity index is 1.99. The maximum atomic E-state index is 12.6. The van der Waals surface area contributed by atoms with Crippen molar-refractivity contribution >= 4 is 63.3 Å². The first-order valence-corrected chi connectivity index (χ1v) is 8.22. The Morgan fingerprint density at radius 1 is 1.29 bits per heavy atom. The van der Waals surface area contributed by atoms with Gasteiger partial charge in [-0.25, -0.2) is 0 Å². The van der Waals surface area contributed by atoms with E-state index in [1.54, 1.807) is 29.1 Å². The summed E-state index contributed by atoms with van der Waals surface area (Å²) in [6, 6.07) is 4.78. The third-order valence-corrected chi connectivity index (χ3v) is 4.78. The molecule has 0 aliphatic carbocycles. The number of nitrogens with zero attached hydrogens (tertiary/aromatic N) is 1. The number of fused-ring (bicyclic) bond motifs is 1. The zero-order valence-corrected chi connectivity index (χ0v) is 15.0. The fraction of sp³-hybridized carbons (Fsp3) is 0.308. The van der Waals surface area contributed by atoms with Gasteiger partial charge in [0.15, 0.2) is 6.23 Å². The van der Waals surface area contributed by atoms with Gasteiger partial charge in [-0.15, -0.1) is 0 Å². The molecule has 0 saturated carbocycles. The molecule has 6 nitrogen and oxygen atoms in total. The average Bonchev–Trinajstić information content (AvgIpc) is 2.71. The minimum Gasteiger partial charge on any atom is -0.296 e. The number of carbonyl (C=O) groups excluding carboxylic acids is 3. The lowest BCUT2D eigenvalue weighted by molar-refractivity contribution is -0.138. The van der Waals surface area contributed by atoms with E-state index in [1.807, 2.05) is 12.1 Å². The van der Waals surface area contributed by atoms with Crippen molar-refractivity contribution in [3.05, 3.63) is 32.9 Å². The maximum absolute atomic E-state index is 12.6. The number of benzene rings is 1. The molecule has 0 bridgehead atoms. The lowest BCUT2D eigenvalue weighted by Gasteiger charge is -2.32. The Labute approximate surface area is 148 Å². The minimum absolute atomic E-state index is 0.224. The van der Waals surface area contributed by atoms with Gasteiger partial charge in [0, 0.05) is 21.1 Å². The van der Waals surface area contributed by atoms with Gasteiger partial charge in [-0.3, -0.25) is 27.7 Å². The molecule has 1 aromatic rings. The van der Waals surface area contributed by atoms with E-state index >= 15 is 0 Å². The summed E-state index contributed by atoms with van der Waals surface area (Å²) in [4.78, 5) is 37.3. The molecule has 2 unspecified atom stereocenters. The van der Waals surface area contributed by atoms with Crippen LogP contribution >= 0.6 is 45.6 Å². The van der Waals surface area contributed by atoms with Crippen LogP contribution in [0.1, 0.15) is 35.0 Å². The molecular weight excluding hydrogens is 502 g/mol. The van der Waals surface area contributed by atoms with Gasteiger partial charge in [-0.05, 0) is 47.2 Å². The lowest BCUT2D eigenvalue weighted by atomic mass is 10.0. The van der Waals surface area contributed by atoms with Crippen molar-refractivity contribution in [1.29, 1.82) is 0 Å². The standard InChI is InChI=1S/C13H10I2N2O4/c14-6-1-2-7-8(5-6)13(21-15)17(12(7)20)9-3-4-10(18)16-11(9)19/h1-2,5,9,13H,3-4H2,(H,16,18,19). The zero-order chi connectivity index (χ0) is 15.1. The summed E-state index contributed by atoms with van der Waals surface area (Å²) in [7, 11) is 0. The third kappa shape index (κ3) is 2.57. The number of piperidine rings is 1. The highest BCUT2D eigenvalue weighted by Gasteiger charge is 2.45. The molecule has 1 fully saturated rings. The van der Waals surface area contributed by atoms with Crippen LogP contribution in [0.25, 0.3) is 0 Å². The van der Waals surface area contributed by atoms with Gasteiger partial charge in [-0.1, -0.05) is 0 Å². The van der Waals surface area contributed by atoms with Gasteiger partial charge in [0.2, 0.25) is 11.8 Å². The fourth-order valence-electron chi connectivity index (χ4n) is 2.67. The van der Waals surface area contributed by atoms with Crippen molar-refractivity contribution in [2.45, 2.75) is 25.1 Å². The van der Waals surface area contributed by atoms with Crippen LogP contribution in [0, 0.1) is 3.57 Å². The number of hydrogen-bond donors (Lipinski definition) is 1. The van der Waals surface area contributed by atoms with Gasteiger partial charge < -0.3 is 0 Å². The van der Waals surface area contributed by atoms with Crippen molar-refractivity contribution in [1.82, 2.24) is 10.2 Å². The highest BCUT2D eigenvalue weighted by atomic mass is 127. The molecule has 0 aromatic heterocycles. The van der Waals surface area contributed by atoms with Crippen LogP contribution in [-0.2, 0) is 12.7 Å². The molecule has 3 amide bonds. The van der Waals surface area contributed by atoms with Gasteiger partial charge in [0.05, 0.1) is 0 Å². The zero-order valence-electron chi connectivity index (χ0n) is 10.6. The molecule has 1 N–H and O–H groups in total. The highest BCUT2D eigenvalue weighted by Crippen LogP contribution is 2.39. The molecule has 2 heterocycles. The molecule has 21 heavy (non-hydrogen) atoms. The normalized spacial score (nSPS) is 25.0. The third-order valence-electron chi connectivity index (χ3n) is 3.63. The van der Waals surface area contributed by atoms with Gasteiger partial charge in [-0.2, -0.15) is 0 Å². The van der Waals surface area contributed by atoms with E-state index in [4.69, 9.17) is 3.07 Å². The number of amides is 3. The molecule has 0 radical (unpaired) electrons. The molecule has 2 aliphatic heterocycles. The van der Waals surface area contributed by atoms with Crippen LogP contribution < -0.4 is 5.32 Å². The van der Waals surface area contributed by atoms with Crippen LogP contribution in [-0.4, -0.2) is 28.7 Å². The average molecular weight is 512 g/mol. The van der Waals surface area contributed by atoms with Crippen molar-refractivity contribution in [3.8, 4) is 0 Å². The summed E-state index contributed by atoms with van der Waals surface area (Å²) in [5.74, 6) is -0.986. The van der Waals surface area contributed by atoms with E-state index in [0.717, 1.165) is 9.13 Å². The monoisotopic (exact) mass is 512 g/mol. The fourth-order valence-corrected chi connectivity index (χ4v) is 3.71. The van der Waals surface area contributed by atoms with Crippen molar-refractivity contribution in [3.63, 3.8) is 0 Å². The maximum Gasteiger partial charge on any atom is 0.257 e. The summed E-state index contributed by atoms with van der Waals surface area (Å²) in [5, 5.41) is 2.28. The molecule has 110 valence electrons. The van der Waals surface area contributed by atoms with Gasteiger partial charge in [0.1, 0.15) is 29.0 Å². The number of imide groups is 1. The summed E-state index contributed by atoms with van der Waals surface area (Å²) in [5.41, 5.74) is 1.30. The number of carbonyl (C=O) groups is 3. The van der Waals surface area contributed by atoms with Crippen LogP contribution in [0.3, 0.4) is 0 Å². The van der Waals surface area contributed by atoms with Crippen LogP contribution in [0.2, 0.25) is 0 Å². The Hall–Kier alpha value is -0.750. The van der Waals surface area contributed by atoms with E-state index in [0.29, 0.717) is 12.0 Å². The Bertz CT molecular complexity index is 649. The van der Waals surface area contributed by atoms with Crippen molar-refractivity contribution < 1.29 is 17.4 Å². The minimum atomic E-state index is -0.681. The van der Waals surface area contributed by atoms with Gasteiger partial charge >= 0.3 is 0 Å². The number of nitrogens with one attached hydrogen (secondary N) is 1. The van der Waals surface area contributed by atoms with E-state index in [-0.39, 0.29) is 18.2 Å². The Kier molecular flexibility index (Phi) is 4.19. The summed E-state index contributed by atoms with van der Waals surface area (Å²) < 4.78 is 6.40. The molecular formula is C13H10I2N2O4. The second-order valence-corrected chi connectivity index (χ2v) is 6.61. The van der Waals surface area contributed by atoms with E-state index in [9.17, 15) is 14.4 Å². The summed E-state index contributed by atoms with van der Waals surface area (Å²) in [6.45, 7) is 0. The molecule has 2 aliphatic rings. The molecule has 1 saturated heterocycles. The second kappa shape index (κ2) is 5.80. The molecule has 1 aromatic carbocycles. The van der Waals surface area contributed by atoms with Crippen molar-refractivity contribution in [2.75, 3.05) is 0 Å². The Morgan fingerprint density at radius 2 is 2.05 bits per heavy atom. The molecule has 3 rings (SSSR count). The van der Waals surface area contributed by atoms with E-state index in [2.05, 4.69) is 27.9 Å². The topological polar surface area (TPSA) is 75.7 Å². The summed E-state index contributed by atoms with van der Waals surface area (Å²) in [6.07, 6.45) is -0.0632. The highest BCUT2D eigenvalue weighted by molar-refractivity contribution is 14.1. The second-order valence-electron chi connectivity index (χ2n) is 4.85. The first kappa shape index (κ1) is 15.2. The summed E-state index contributed by atoms with van der Waals surface area (Å²) >= 11 is 3.90. The molecule has 2 atom stereocenters. The van der Waals surface area contributed by atoms with Crippen LogP contribution in [0.4, 0.5) is 0 Å². The van der Waals surface area contributed by atoms with Crippen molar-refractivity contribution in [2.24, 2.45) is 0 Å². The number of halogens is 2. The Morgan fingerprint density at radius 3 is 2.71 bits per heavy atom. The smallest absolute Gasteiger partial charge is 0.257 e. The predicted molar refractivity (Wildman–Crippen MR) is 89.3 cm³/mol. The van der Waals surface area contributed by atoms with Crippen LogP contribution in [0.15, 0.2) is 18.2 Å². The SMILES string of the molecule is O=C1CCC(N2C(=O)c3ccc(I)cc3C2OI)C(=O)N1. The quantitative estimate of drug-likeness (QED) is 0.486. The lowest BCUT2D eigenvalue weighted by Crippen LogP contribution is -2.53. The largest absolute Gasteiger partial charge is 0.296 e. The van der Waals surface area contributed by atoms with E-state index in [1.165, 1.54) is 4.90 Å². The first-order valence-electron chi connectivity index (χ1n) is 6.26. The van der Waals surface area contributed by atoms with E-state index < -0.39 is 18.2 Å². The number of hydrogen-bond acceptors (Lipinski definition) is 4.